The maximum atomic E-state index is 12.6. The third-order valence-corrected chi connectivity index (χ3v) is 4.56. The predicted molar refractivity (Wildman–Crippen MR) is 106 cm³/mol. The third-order valence-electron chi connectivity index (χ3n) is 4.56. The van der Waals surface area contributed by atoms with Gasteiger partial charge in [0.25, 0.3) is 11.8 Å². The molecule has 28 heavy (non-hydrogen) atoms. The summed E-state index contributed by atoms with van der Waals surface area (Å²) < 4.78 is 16.0. The van der Waals surface area contributed by atoms with E-state index in [1.165, 1.54) is 26.2 Å². The van der Waals surface area contributed by atoms with E-state index in [0.29, 0.717) is 34.1 Å². The first-order valence-electron chi connectivity index (χ1n) is 8.68. The van der Waals surface area contributed by atoms with E-state index in [0.717, 1.165) is 0 Å². The van der Waals surface area contributed by atoms with Crippen LogP contribution in [0.3, 0.4) is 0 Å². The monoisotopic (exact) mass is 382 g/mol. The third kappa shape index (κ3) is 3.38. The van der Waals surface area contributed by atoms with Crippen molar-refractivity contribution in [2.75, 3.05) is 33.2 Å². The topological polar surface area (TPSA) is 77.1 Å². The van der Waals surface area contributed by atoms with E-state index in [1.54, 1.807) is 42.5 Å². The van der Waals surface area contributed by atoms with Crippen molar-refractivity contribution >= 4 is 17.5 Å². The summed E-state index contributed by atoms with van der Waals surface area (Å²) in [6.07, 6.45) is 1.65. The van der Waals surface area contributed by atoms with Crippen molar-refractivity contribution in [1.82, 2.24) is 4.90 Å². The molecule has 2 aromatic carbocycles. The molecule has 0 bridgehead atoms. The Hall–Kier alpha value is -3.48. The molecule has 0 radical (unpaired) electrons. The molecule has 1 atom stereocenters. The van der Waals surface area contributed by atoms with Crippen LogP contribution in [0, 0.1) is 0 Å². The Morgan fingerprint density at radius 3 is 1.96 bits per heavy atom. The van der Waals surface area contributed by atoms with Crippen molar-refractivity contribution in [3.63, 3.8) is 0 Å². The highest BCUT2D eigenvalue weighted by atomic mass is 16.5. The number of nitrogens with zero attached hydrogens (tertiary/aromatic N) is 1. The van der Waals surface area contributed by atoms with Gasteiger partial charge in [0.05, 0.1) is 45.0 Å². The van der Waals surface area contributed by atoms with E-state index < -0.39 is 0 Å². The van der Waals surface area contributed by atoms with Gasteiger partial charge in [-0.05, 0) is 12.1 Å². The quantitative estimate of drug-likeness (QED) is 0.559. The van der Waals surface area contributed by atoms with E-state index in [2.05, 4.69) is 11.9 Å². The van der Waals surface area contributed by atoms with Gasteiger partial charge in [-0.2, -0.15) is 0 Å². The van der Waals surface area contributed by atoms with Crippen LogP contribution in [0.4, 0.5) is 5.69 Å². The summed E-state index contributed by atoms with van der Waals surface area (Å²) in [5, 5.41) is 3.24. The van der Waals surface area contributed by atoms with Crippen molar-refractivity contribution in [2.45, 2.75) is 6.04 Å². The standard InChI is InChI=1S/C21H22N2O5/c1-5-13(12-23-20(24)15-8-6-7-9-16(15)21(23)25)22-14-10-17(26-2)19(28-4)18(11-14)27-3/h5-11,13,22H,1,12H2,2-4H3/t13-/m0/s1. The van der Waals surface area contributed by atoms with Gasteiger partial charge in [0.2, 0.25) is 5.75 Å². The van der Waals surface area contributed by atoms with Crippen LogP contribution in [0.1, 0.15) is 20.7 Å². The summed E-state index contributed by atoms with van der Waals surface area (Å²) in [7, 11) is 4.60. The van der Waals surface area contributed by atoms with Crippen LogP contribution in [0.2, 0.25) is 0 Å². The van der Waals surface area contributed by atoms with Crippen molar-refractivity contribution in [3.8, 4) is 17.2 Å². The Morgan fingerprint density at radius 1 is 1.00 bits per heavy atom. The van der Waals surface area contributed by atoms with Gasteiger partial charge in [0.15, 0.2) is 11.5 Å². The summed E-state index contributed by atoms with van der Waals surface area (Å²) in [5.74, 6) is 0.852. The van der Waals surface area contributed by atoms with E-state index in [-0.39, 0.29) is 24.4 Å². The van der Waals surface area contributed by atoms with Crippen molar-refractivity contribution in [2.24, 2.45) is 0 Å². The van der Waals surface area contributed by atoms with Gasteiger partial charge < -0.3 is 19.5 Å². The molecule has 0 unspecified atom stereocenters. The average Bonchev–Trinajstić information content (AvgIpc) is 2.97. The van der Waals surface area contributed by atoms with Crippen LogP contribution in [-0.4, -0.2) is 50.6 Å². The lowest BCUT2D eigenvalue weighted by Crippen LogP contribution is -2.39. The van der Waals surface area contributed by atoms with E-state index in [1.807, 2.05) is 0 Å². The van der Waals surface area contributed by atoms with Gasteiger partial charge in [-0.25, -0.2) is 0 Å². The summed E-state index contributed by atoms with van der Waals surface area (Å²) in [6, 6.07) is 9.93. The molecule has 2 aromatic rings. The van der Waals surface area contributed by atoms with Crippen molar-refractivity contribution in [1.29, 1.82) is 0 Å². The Labute approximate surface area is 163 Å². The highest BCUT2D eigenvalue weighted by Gasteiger charge is 2.36. The second-order valence-electron chi connectivity index (χ2n) is 6.17. The second-order valence-corrected chi connectivity index (χ2v) is 6.17. The molecule has 0 spiro atoms. The molecule has 7 heteroatoms. The molecular weight excluding hydrogens is 360 g/mol. The minimum atomic E-state index is -0.370. The maximum Gasteiger partial charge on any atom is 0.261 e. The molecule has 1 aliphatic heterocycles. The maximum absolute atomic E-state index is 12.6. The molecule has 1 N–H and O–H groups in total. The molecule has 3 rings (SSSR count). The molecule has 1 heterocycles. The minimum Gasteiger partial charge on any atom is -0.493 e. The number of carbonyl (C=O) groups excluding carboxylic acids is 2. The van der Waals surface area contributed by atoms with Gasteiger partial charge in [-0.3, -0.25) is 14.5 Å². The summed E-state index contributed by atoms with van der Waals surface area (Å²) in [4.78, 5) is 26.4. The van der Waals surface area contributed by atoms with Crippen LogP contribution < -0.4 is 19.5 Å². The van der Waals surface area contributed by atoms with Gasteiger partial charge in [0.1, 0.15) is 0 Å². The van der Waals surface area contributed by atoms with E-state index in [4.69, 9.17) is 14.2 Å². The average molecular weight is 382 g/mol. The van der Waals surface area contributed by atoms with Gasteiger partial charge >= 0.3 is 0 Å². The minimum absolute atomic E-state index is 0.145. The number of rotatable bonds is 8. The number of hydrogen-bond acceptors (Lipinski definition) is 6. The molecule has 1 aliphatic rings. The fourth-order valence-electron chi connectivity index (χ4n) is 3.16. The highest BCUT2D eigenvalue weighted by Crippen LogP contribution is 2.40. The number of benzene rings is 2. The zero-order chi connectivity index (χ0) is 20.3. The first-order valence-corrected chi connectivity index (χ1v) is 8.68. The Morgan fingerprint density at radius 2 is 1.54 bits per heavy atom. The van der Waals surface area contributed by atoms with E-state index >= 15 is 0 Å². The van der Waals surface area contributed by atoms with Crippen molar-refractivity contribution in [3.05, 3.63) is 60.2 Å². The van der Waals surface area contributed by atoms with Crippen molar-refractivity contribution < 1.29 is 23.8 Å². The zero-order valence-corrected chi connectivity index (χ0v) is 16.0. The Bertz CT molecular complexity index is 865. The number of nitrogens with one attached hydrogen (secondary N) is 1. The molecule has 0 aliphatic carbocycles. The lowest BCUT2D eigenvalue weighted by molar-refractivity contribution is 0.0653. The number of anilines is 1. The van der Waals surface area contributed by atoms with Crippen LogP contribution in [0.25, 0.3) is 0 Å². The van der Waals surface area contributed by atoms with Crippen LogP contribution in [-0.2, 0) is 0 Å². The molecule has 7 nitrogen and oxygen atoms in total. The van der Waals surface area contributed by atoms with E-state index in [9.17, 15) is 9.59 Å². The molecule has 0 fully saturated rings. The van der Waals surface area contributed by atoms with Gasteiger partial charge in [0, 0.05) is 17.8 Å². The van der Waals surface area contributed by atoms with Crippen LogP contribution in [0.15, 0.2) is 49.1 Å². The molecule has 0 aromatic heterocycles. The first-order chi connectivity index (χ1) is 13.5. The first kappa shape index (κ1) is 19.3. The molecular formula is C21H22N2O5. The molecule has 0 saturated heterocycles. The zero-order valence-electron chi connectivity index (χ0n) is 16.0. The number of imide groups is 1. The second kappa shape index (κ2) is 8.04. The van der Waals surface area contributed by atoms with Crippen LogP contribution in [0.5, 0.6) is 17.2 Å². The van der Waals surface area contributed by atoms with Gasteiger partial charge in [-0.1, -0.05) is 18.2 Å². The summed E-state index contributed by atoms with van der Waals surface area (Å²) in [5.41, 5.74) is 1.52. The Balaban J connectivity index is 1.82. The molecule has 2 amide bonds. The SMILES string of the molecule is C=C[C@@H](CN1C(=O)c2ccccc2C1=O)Nc1cc(OC)c(OC)c(OC)c1. The molecule has 0 saturated carbocycles. The summed E-state index contributed by atoms with van der Waals surface area (Å²) in [6.45, 7) is 3.96. The van der Waals surface area contributed by atoms with Gasteiger partial charge in [-0.15, -0.1) is 6.58 Å². The highest BCUT2D eigenvalue weighted by molar-refractivity contribution is 6.21. The number of methoxy groups -OCH3 is 3. The fraction of sp³-hybridized carbons (Fsp3) is 0.238. The number of fused-ring (bicyclic) bond motifs is 1. The smallest absolute Gasteiger partial charge is 0.261 e. The number of ether oxygens (including phenoxy) is 3. The number of carbonyl (C=O) groups is 2. The fourth-order valence-corrected chi connectivity index (χ4v) is 3.16. The number of amides is 2. The normalized spacial score (nSPS) is 13.8. The lowest BCUT2D eigenvalue weighted by Gasteiger charge is -2.23. The lowest BCUT2D eigenvalue weighted by atomic mass is 10.1. The number of hydrogen-bond donors (Lipinski definition) is 1. The molecule has 146 valence electrons. The van der Waals surface area contributed by atoms with Crippen LogP contribution >= 0.6 is 0 Å². The largest absolute Gasteiger partial charge is 0.493 e. The Kier molecular flexibility index (Phi) is 5.54. The predicted octanol–water partition coefficient (Wildman–Crippen LogP) is 2.98. The summed E-state index contributed by atoms with van der Waals surface area (Å²) >= 11 is 0.